The molecule has 0 aliphatic heterocycles. The van der Waals surface area contributed by atoms with E-state index in [1.807, 2.05) is 31.2 Å². The van der Waals surface area contributed by atoms with Crippen LogP contribution in [-0.2, 0) is 11.2 Å². The van der Waals surface area contributed by atoms with Crippen molar-refractivity contribution < 1.29 is 9.53 Å². The van der Waals surface area contributed by atoms with Gasteiger partial charge in [-0.05, 0) is 37.1 Å². The molecule has 3 rings (SSSR count). The van der Waals surface area contributed by atoms with Crippen LogP contribution in [0.3, 0.4) is 0 Å². The number of benzene rings is 1. The molecule has 7 heteroatoms. The molecule has 0 amide bonds. The molecule has 0 saturated heterocycles. The SMILES string of the molecule is CCOC(=O)c1sc2nc(Cc3cccc(Br)c3)nc(Cl)c2c1C. The van der Waals surface area contributed by atoms with Gasteiger partial charge in [0.15, 0.2) is 0 Å². The minimum absolute atomic E-state index is 0.333. The highest BCUT2D eigenvalue weighted by molar-refractivity contribution is 9.10. The quantitative estimate of drug-likeness (QED) is 0.427. The number of halogens is 2. The fraction of sp³-hybridized carbons (Fsp3) is 0.235. The Hall–Kier alpha value is -1.50. The maximum Gasteiger partial charge on any atom is 0.348 e. The van der Waals surface area contributed by atoms with Gasteiger partial charge >= 0.3 is 5.97 Å². The minimum Gasteiger partial charge on any atom is -0.462 e. The van der Waals surface area contributed by atoms with Gasteiger partial charge < -0.3 is 4.74 Å². The third-order valence-corrected chi connectivity index (χ3v) is 5.44. The van der Waals surface area contributed by atoms with E-state index in [9.17, 15) is 4.79 Å². The van der Waals surface area contributed by atoms with Gasteiger partial charge in [-0.25, -0.2) is 14.8 Å². The van der Waals surface area contributed by atoms with E-state index in [0.29, 0.717) is 33.7 Å². The molecule has 3 aromatic rings. The molecule has 124 valence electrons. The Morgan fingerprint density at radius 3 is 2.88 bits per heavy atom. The molecule has 2 heterocycles. The lowest BCUT2D eigenvalue weighted by Crippen LogP contribution is -2.03. The van der Waals surface area contributed by atoms with E-state index >= 15 is 0 Å². The Labute approximate surface area is 157 Å². The summed E-state index contributed by atoms with van der Waals surface area (Å²) in [4.78, 5) is 22.3. The number of thiophene rings is 1. The summed E-state index contributed by atoms with van der Waals surface area (Å²) < 4.78 is 6.10. The summed E-state index contributed by atoms with van der Waals surface area (Å²) in [5.41, 5.74) is 1.85. The van der Waals surface area contributed by atoms with Gasteiger partial charge in [0.2, 0.25) is 0 Å². The number of aromatic nitrogens is 2. The summed E-state index contributed by atoms with van der Waals surface area (Å²) in [6, 6.07) is 7.96. The first-order chi connectivity index (χ1) is 11.5. The highest BCUT2D eigenvalue weighted by atomic mass is 79.9. The van der Waals surface area contributed by atoms with E-state index in [4.69, 9.17) is 16.3 Å². The molecule has 0 aliphatic carbocycles. The molecule has 0 bridgehead atoms. The number of rotatable bonds is 4. The predicted molar refractivity (Wildman–Crippen MR) is 100 cm³/mol. The average Bonchev–Trinajstić information content (AvgIpc) is 2.85. The van der Waals surface area contributed by atoms with Gasteiger partial charge in [-0.15, -0.1) is 11.3 Å². The van der Waals surface area contributed by atoms with E-state index in [2.05, 4.69) is 25.9 Å². The Balaban J connectivity index is 2.02. The van der Waals surface area contributed by atoms with Crippen LogP contribution in [0.25, 0.3) is 10.2 Å². The fourth-order valence-corrected chi connectivity index (χ4v) is 4.36. The molecule has 0 radical (unpaired) electrons. The molecule has 0 spiro atoms. The average molecular weight is 426 g/mol. The van der Waals surface area contributed by atoms with Crippen LogP contribution in [-0.4, -0.2) is 22.5 Å². The second-order valence-electron chi connectivity index (χ2n) is 5.19. The Morgan fingerprint density at radius 1 is 1.38 bits per heavy atom. The molecular formula is C17H14BrClN2O2S. The zero-order valence-corrected chi connectivity index (χ0v) is 16.3. The van der Waals surface area contributed by atoms with Crippen LogP contribution >= 0.6 is 38.9 Å². The number of esters is 1. The predicted octanol–water partition coefficient (Wildman–Crippen LogP) is 5.18. The zero-order valence-electron chi connectivity index (χ0n) is 13.1. The topological polar surface area (TPSA) is 52.1 Å². The smallest absolute Gasteiger partial charge is 0.348 e. The van der Waals surface area contributed by atoms with Gasteiger partial charge in [-0.3, -0.25) is 0 Å². The number of nitrogens with zero attached hydrogens (tertiary/aromatic N) is 2. The lowest BCUT2D eigenvalue weighted by Gasteiger charge is -2.03. The van der Waals surface area contributed by atoms with Gasteiger partial charge in [-0.1, -0.05) is 39.7 Å². The second kappa shape index (κ2) is 7.17. The van der Waals surface area contributed by atoms with Gasteiger partial charge in [-0.2, -0.15) is 0 Å². The lowest BCUT2D eigenvalue weighted by molar-refractivity contribution is 0.0531. The van der Waals surface area contributed by atoms with E-state index < -0.39 is 0 Å². The molecule has 0 unspecified atom stereocenters. The van der Waals surface area contributed by atoms with Crippen LogP contribution < -0.4 is 0 Å². The van der Waals surface area contributed by atoms with E-state index in [-0.39, 0.29) is 5.97 Å². The molecule has 24 heavy (non-hydrogen) atoms. The van der Waals surface area contributed by atoms with E-state index in [0.717, 1.165) is 21.0 Å². The zero-order chi connectivity index (χ0) is 17.3. The summed E-state index contributed by atoms with van der Waals surface area (Å²) in [7, 11) is 0. The van der Waals surface area contributed by atoms with Gasteiger partial charge in [0.1, 0.15) is 20.7 Å². The maximum absolute atomic E-state index is 12.1. The number of hydrogen-bond acceptors (Lipinski definition) is 5. The van der Waals surface area contributed by atoms with Crippen molar-refractivity contribution in [2.45, 2.75) is 20.3 Å². The standard InChI is InChI=1S/C17H14BrClN2O2S/c1-3-23-17(22)14-9(2)13-15(19)20-12(21-16(13)24-14)8-10-5-4-6-11(18)7-10/h4-7H,3,8H2,1-2H3. The summed E-state index contributed by atoms with van der Waals surface area (Å²) >= 11 is 11.1. The first kappa shape index (κ1) is 17.3. The molecule has 1 aromatic carbocycles. The van der Waals surface area contributed by atoms with Crippen molar-refractivity contribution in [3.8, 4) is 0 Å². The van der Waals surface area contributed by atoms with Crippen LogP contribution in [0.15, 0.2) is 28.7 Å². The van der Waals surface area contributed by atoms with Crippen molar-refractivity contribution in [1.29, 1.82) is 0 Å². The Morgan fingerprint density at radius 2 is 2.17 bits per heavy atom. The molecular weight excluding hydrogens is 412 g/mol. The molecule has 4 nitrogen and oxygen atoms in total. The number of ether oxygens (including phenoxy) is 1. The fourth-order valence-electron chi connectivity index (χ4n) is 2.43. The van der Waals surface area contributed by atoms with E-state index in [1.165, 1.54) is 11.3 Å². The minimum atomic E-state index is -0.345. The molecule has 0 saturated carbocycles. The Bertz CT molecular complexity index is 926. The first-order valence-electron chi connectivity index (χ1n) is 7.36. The maximum atomic E-state index is 12.1. The van der Waals surface area contributed by atoms with Crippen LogP contribution in [0.5, 0.6) is 0 Å². The van der Waals surface area contributed by atoms with Crippen LogP contribution in [0, 0.1) is 6.92 Å². The number of hydrogen-bond donors (Lipinski definition) is 0. The number of carbonyl (C=O) groups excluding carboxylic acids is 1. The highest BCUT2D eigenvalue weighted by Crippen LogP contribution is 2.34. The number of carbonyl (C=O) groups is 1. The van der Waals surface area contributed by atoms with Crippen LogP contribution in [0.2, 0.25) is 5.15 Å². The largest absolute Gasteiger partial charge is 0.462 e. The normalized spacial score (nSPS) is 11.0. The lowest BCUT2D eigenvalue weighted by atomic mass is 10.1. The number of aryl methyl sites for hydroxylation is 1. The van der Waals surface area contributed by atoms with Crippen molar-refractivity contribution in [3.05, 3.63) is 55.7 Å². The first-order valence-corrected chi connectivity index (χ1v) is 9.35. The van der Waals surface area contributed by atoms with Crippen molar-refractivity contribution in [1.82, 2.24) is 9.97 Å². The van der Waals surface area contributed by atoms with Crippen molar-refractivity contribution in [2.75, 3.05) is 6.61 Å². The summed E-state index contributed by atoms with van der Waals surface area (Å²) in [5.74, 6) is 0.282. The highest BCUT2D eigenvalue weighted by Gasteiger charge is 2.20. The van der Waals surface area contributed by atoms with Crippen molar-refractivity contribution >= 4 is 55.1 Å². The molecule has 0 N–H and O–H groups in total. The molecule has 0 atom stereocenters. The van der Waals surface area contributed by atoms with Crippen molar-refractivity contribution in [3.63, 3.8) is 0 Å². The second-order valence-corrected chi connectivity index (χ2v) is 7.47. The van der Waals surface area contributed by atoms with Gasteiger partial charge in [0, 0.05) is 10.9 Å². The molecule has 0 aliphatic rings. The monoisotopic (exact) mass is 424 g/mol. The summed E-state index contributed by atoms with van der Waals surface area (Å²) in [6.45, 7) is 3.96. The third kappa shape index (κ3) is 3.45. The van der Waals surface area contributed by atoms with Gasteiger partial charge in [0.05, 0.1) is 12.0 Å². The Kier molecular flexibility index (Phi) is 5.18. The van der Waals surface area contributed by atoms with Crippen LogP contribution in [0.4, 0.5) is 0 Å². The number of fused-ring (bicyclic) bond motifs is 1. The van der Waals surface area contributed by atoms with Gasteiger partial charge in [0.25, 0.3) is 0 Å². The third-order valence-electron chi connectivity index (χ3n) is 3.50. The van der Waals surface area contributed by atoms with Crippen LogP contribution in [0.1, 0.15) is 33.5 Å². The van der Waals surface area contributed by atoms with Crippen molar-refractivity contribution in [2.24, 2.45) is 0 Å². The van der Waals surface area contributed by atoms with E-state index in [1.54, 1.807) is 6.92 Å². The summed E-state index contributed by atoms with van der Waals surface area (Å²) in [5, 5.41) is 1.09. The molecule has 0 fully saturated rings. The summed E-state index contributed by atoms with van der Waals surface area (Å²) in [6.07, 6.45) is 0.570. The molecule has 2 aromatic heterocycles.